The monoisotopic (exact) mass is 1620 g/mol. The zero-order valence-electron chi connectivity index (χ0n) is 62.9. The van der Waals surface area contributed by atoms with Gasteiger partial charge in [0.05, 0.1) is 83.9 Å². The number of ketones is 1. The molecule has 15 atom stereocenters. The van der Waals surface area contributed by atoms with Crippen molar-refractivity contribution in [2.24, 2.45) is 15.1 Å². The number of halogens is 2. The normalized spacial score (nSPS) is 33.4. The van der Waals surface area contributed by atoms with Gasteiger partial charge in [-0.3, -0.25) is 24.0 Å². The van der Waals surface area contributed by atoms with Crippen molar-refractivity contribution >= 4 is 77.6 Å². The van der Waals surface area contributed by atoms with E-state index in [9.17, 15) is 78.9 Å². The number of imide groups is 1. The number of carbonyl (C=O) groups excluding carboxylic acids is 8. The number of hydrogen-bond acceptors (Lipinski definition) is 31. The van der Waals surface area contributed by atoms with Crippen LogP contribution in [0.4, 0.5) is 0 Å². The number of carbonyl (C=O) groups is 9. The van der Waals surface area contributed by atoms with Gasteiger partial charge in [0.15, 0.2) is 42.4 Å². The highest BCUT2D eigenvalue weighted by Gasteiger charge is 2.75. The minimum atomic E-state index is -1.86. The van der Waals surface area contributed by atoms with Crippen molar-refractivity contribution in [3.8, 4) is 17.2 Å². The maximum absolute atomic E-state index is 12.9. The Morgan fingerprint density at radius 1 is 0.575 bits per heavy atom. The molecule has 0 radical (unpaired) electrons. The van der Waals surface area contributed by atoms with E-state index in [2.05, 4.69) is 53.4 Å². The highest BCUT2D eigenvalue weighted by molar-refractivity contribution is 6.13. The minimum Gasteiger partial charge on any atom is -0.481 e. The van der Waals surface area contributed by atoms with Crippen LogP contribution in [0.25, 0.3) is 0 Å². The summed E-state index contributed by atoms with van der Waals surface area (Å²) < 4.78 is 53.4. The first-order valence-electron chi connectivity index (χ1n) is 37.1. The summed E-state index contributed by atoms with van der Waals surface area (Å²) in [6.07, 6.45) is 1.38. The lowest BCUT2D eigenvalue weighted by Gasteiger charge is -2.62. The highest BCUT2D eigenvalue weighted by Crippen LogP contribution is 2.68. The molecule has 6 bridgehead atoms. The number of carboxylic acid groups (broad SMARTS) is 1. The molecule has 1 saturated carbocycles. The third kappa shape index (κ3) is 13.2. The Balaban J connectivity index is 0.000000131. The number of cyclic esters (lactones) is 2. The number of rotatable bonds is 14. The molecule has 3 aromatic rings. The number of nitrogens with one attached hydrogen (secondary N) is 1. The van der Waals surface area contributed by atoms with Gasteiger partial charge < -0.3 is 103 Å². The van der Waals surface area contributed by atoms with Crippen LogP contribution in [0.2, 0.25) is 0 Å². The van der Waals surface area contributed by atoms with Crippen LogP contribution in [-0.2, 0) is 132 Å². The second-order valence-corrected chi connectivity index (χ2v) is 32.1. The summed E-state index contributed by atoms with van der Waals surface area (Å²) in [5.41, 5.74) is 8.55. The van der Waals surface area contributed by atoms with Gasteiger partial charge in [0.2, 0.25) is 11.6 Å². The van der Waals surface area contributed by atoms with Crippen molar-refractivity contribution in [3.63, 3.8) is 0 Å². The Labute approximate surface area is 657 Å². The van der Waals surface area contributed by atoms with Gasteiger partial charge in [0.25, 0.3) is 11.8 Å². The van der Waals surface area contributed by atoms with E-state index in [1.807, 2.05) is 50.5 Å². The van der Waals surface area contributed by atoms with Crippen molar-refractivity contribution in [1.29, 1.82) is 5.53 Å². The molecule has 9 N–H and O–H groups in total. The lowest BCUT2D eigenvalue weighted by atomic mass is 9.49. The lowest BCUT2D eigenvalue weighted by Crippen LogP contribution is -2.76. The molecule has 113 heavy (non-hydrogen) atoms. The lowest BCUT2D eigenvalue weighted by molar-refractivity contribution is -0.200. The molecular formula is C76H90Cl2N8O27. The van der Waals surface area contributed by atoms with Crippen LogP contribution >= 0.6 is 24.2 Å². The third-order valence-electron chi connectivity index (χ3n) is 25.2. The fourth-order valence-corrected chi connectivity index (χ4v) is 20.4. The summed E-state index contributed by atoms with van der Waals surface area (Å²) in [7, 11) is 6.07. The summed E-state index contributed by atoms with van der Waals surface area (Å²) in [4.78, 5) is 117. The van der Waals surface area contributed by atoms with Crippen LogP contribution in [0.3, 0.4) is 0 Å². The van der Waals surface area contributed by atoms with Gasteiger partial charge >= 0.3 is 35.8 Å². The molecule has 18 rings (SSSR count). The fraction of sp³-hybridized carbons (Fsp3) is 0.592. The smallest absolute Gasteiger partial charge is 0.338 e. The Bertz CT molecular complexity index is 4540. The molecule has 15 aliphatic rings. The fourth-order valence-electron chi connectivity index (χ4n) is 20.4. The third-order valence-corrected chi connectivity index (χ3v) is 25.3. The number of ether oxygens (including phenoxy) is 9. The molecule has 3 spiro atoms. The number of amides is 2. The van der Waals surface area contributed by atoms with Crippen molar-refractivity contribution in [2.75, 3.05) is 40.8 Å². The van der Waals surface area contributed by atoms with Crippen LogP contribution < -0.4 is 14.2 Å². The van der Waals surface area contributed by atoms with Crippen LogP contribution in [0.1, 0.15) is 155 Å². The molecule has 2 amide bonds. The average Bonchev–Trinajstić information content (AvgIpc) is 1.57. The first-order valence-corrected chi connectivity index (χ1v) is 37.5. The molecule has 9 heterocycles. The van der Waals surface area contributed by atoms with E-state index in [0.29, 0.717) is 90.7 Å². The molecule has 3 aromatic carbocycles. The number of esters is 4. The summed E-state index contributed by atoms with van der Waals surface area (Å²) in [6, 6.07) is 11.4. The Kier molecular flexibility index (Phi) is 22.1. The number of likely N-dealkylation sites (tertiary alicyclic amines) is 3. The number of piperidine rings is 3. The van der Waals surface area contributed by atoms with E-state index in [4.69, 9.17) is 53.3 Å². The topological polar surface area (TPSA) is 482 Å². The first-order chi connectivity index (χ1) is 53.0. The largest absolute Gasteiger partial charge is 0.481 e. The van der Waals surface area contributed by atoms with E-state index in [1.54, 1.807) is 26.0 Å². The van der Waals surface area contributed by atoms with Crippen LogP contribution in [0.15, 0.2) is 75.1 Å². The first kappa shape index (κ1) is 82.5. The van der Waals surface area contributed by atoms with Gasteiger partial charge in [-0.05, 0) is 125 Å². The molecule has 37 heteroatoms. The van der Waals surface area contributed by atoms with E-state index < -0.39 is 142 Å². The Morgan fingerprint density at radius 2 is 0.965 bits per heavy atom. The van der Waals surface area contributed by atoms with E-state index in [1.165, 1.54) is 13.8 Å². The molecule has 6 saturated heterocycles. The second-order valence-electron chi connectivity index (χ2n) is 31.9. The SMILES string of the molecule is CC1(C)OC(=O)[C@H](CC(=O)ON2C(=O)CCC2=O)O1.CN1CC[C@]23c4c5ccc(CO)c4O[C@H]2C(=O)CC[C@@]3(O)[C@H]1C5.CN1CC[C@]23c4c5ccc(CO)c4O[C@H]2C(OC(=O)CC(O)C(=O)O)=CC[C@@]3(O)[C@H]1C5.CN1CC[C@]23c4c5ccc(CO)c4O[C@H]2C(OC(=O)CC2OC(C)(C)OC2=O)=CC[C@@]3(O)[C@H]1C5.Cl.N=NN=NCl. The Hall–Kier alpha value is -8.53. The number of aliphatic hydroxyl groups excluding tert-OH is 4. The summed E-state index contributed by atoms with van der Waals surface area (Å²) in [5, 5.41) is 89.3. The number of nitrogens with zero attached hydrogens (tertiary/aromatic N) is 7. The molecule has 6 aliphatic carbocycles. The number of benzene rings is 3. The van der Waals surface area contributed by atoms with Crippen molar-refractivity contribution in [2.45, 2.75) is 243 Å². The molecule has 2 unspecified atom stereocenters. The Morgan fingerprint density at radius 3 is 1.34 bits per heavy atom. The molecular weight excluding hydrogens is 1530 g/mol. The van der Waals surface area contributed by atoms with E-state index in [0.717, 1.165) is 64.9 Å². The van der Waals surface area contributed by atoms with Crippen LogP contribution in [0, 0.1) is 5.53 Å². The van der Waals surface area contributed by atoms with Crippen LogP contribution in [-0.4, -0.2) is 238 Å². The van der Waals surface area contributed by atoms with Gasteiger partial charge in [-0.2, -0.15) is 5.53 Å². The zero-order chi connectivity index (χ0) is 80.5. The summed E-state index contributed by atoms with van der Waals surface area (Å²) in [6.45, 7) is 8.08. The number of hydrogen-bond donors (Lipinski definition) is 9. The molecule has 610 valence electrons. The molecule has 9 aliphatic heterocycles. The number of carboxylic acids is 1. The average molecular weight is 1620 g/mol. The maximum atomic E-state index is 12.9. The van der Waals surface area contributed by atoms with Crippen molar-refractivity contribution in [3.05, 3.63) is 110 Å². The van der Waals surface area contributed by atoms with Crippen LogP contribution in [0.5, 0.6) is 17.2 Å². The highest BCUT2D eigenvalue weighted by atomic mass is 35.5. The summed E-state index contributed by atoms with van der Waals surface area (Å²) in [5.74, 6) is -6.12. The van der Waals surface area contributed by atoms with E-state index in [-0.39, 0.29) is 87.6 Å². The number of likely N-dealkylation sites (N-methyl/N-ethyl adjacent to an activating group) is 3. The van der Waals surface area contributed by atoms with Crippen molar-refractivity contribution in [1.82, 2.24) is 19.8 Å². The molecule has 7 fully saturated rings. The number of aliphatic carboxylic acids is 1. The predicted molar refractivity (Wildman–Crippen MR) is 384 cm³/mol. The van der Waals surface area contributed by atoms with Gasteiger partial charge in [0, 0.05) is 111 Å². The van der Waals surface area contributed by atoms with Gasteiger partial charge in [-0.15, -0.1) is 17.5 Å². The van der Waals surface area contributed by atoms with E-state index >= 15 is 0 Å². The predicted octanol–water partition coefficient (Wildman–Crippen LogP) is 3.06. The number of hydroxylamine groups is 2. The zero-order valence-corrected chi connectivity index (χ0v) is 64.5. The minimum absolute atomic E-state index is 0. The van der Waals surface area contributed by atoms with Gasteiger partial charge in [-0.1, -0.05) is 41.0 Å². The molecule has 0 aromatic heterocycles. The maximum Gasteiger partial charge on any atom is 0.338 e. The second kappa shape index (κ2) is 30.3. The number of Topliss-reactive ketones (excluding diaryl/α,β-unsaturated/α-hetero) is 1. The van der Waals surface area contributed by atoms with Gasteiger partial charge in [-0.25, -0.2) is 19.2 Å². The van der Waals surface area contributed by atoms with Crippen molar-refractivity contribution < 1.29 is 131 Å². The molecule has 35 nitrogen and oxygen atoms in total. The standard InChI is InChI=1S/C25H29NO8.C22H25NO8.C18H21NO4.C11H13NO7.ClHN4.ClH/c1-23(2)33-16(22(29)34-23)11-18(28)31-15-6-7-25(30)17-10-13-4-5-14(12-27)20-19(13)24(25,21(15)32-20)8-9-26(17)3;1-23-7-6-21-17-11-2-3-12(10-24)18(17)31-19(21)14(4-5-22(21,29)15(23)8-11)30-16(26)9-13(25)20(27)28;1-19-7-6-17-14-10-2-3-11(9-20)15(14)23-16(17)12(21)4-5-18(17,22)13(19)8-10;1-11(2)17-6(10(16)18-11)5-9(15)19-12-7(13)3-4-8(12)14;1-3-5-4-2;/h4-6,16-17,21,27,30H,7-12H2,1-3H3;2-4,13,15,19,24-25,29H,5-10H2,1H3,(H,27,28);2-3,13,16,20,22H,4-9H2,1H3;6H,3-5H2,1-2H3;2H;1H/t16?,17-,21+,24+,25-;13?,15-,19+,21+,22-;13-,16+,17+,18-;6-;;/m1110../s1. The summed E-state index contributed by atoms with van der Waals surface area (Å²) >= 11 is 4.55. The number of aliphatic hydroxyl groups is 7. The van der Waals surface area contributed by atoms with Gasteiger partial charge in [0.1, 0.15) is 28.8 Å². The quantitative estimate of drug-likeness (QED) is 0.0368.